The number of likely N-dealkylation sites (tertiary alicyclic amines) is 1. The summed E-state index contributed by atoms with van der Waals surface area (Å²) in [4.78, 5) is 13.4. The maximum Gasteiger partial charge on any atom is 0.404 e. The van der Waals surface area contributed by atoms with Gasteiger partial charge in [-0.25, -0.2) is 18.0 Å². The minimum atomic E-state index is -1.39. The van der Waals surface area contributed by atoms with Crippen molar-refractivity contribution in [1.82, 2.24) is 15.5 Å². The predicted molar refractivity (Wildman–Crippen MR) is 105 cm³/mol. The number of hydrogen-bond acceptors (Lipinski definition) is 4. The van der Waals surface area contributed by atoms with Crippen LogP contribution in [0, 0.1) is 28.8 Å². The Morgan fingerprint density at radius 2 is 1.90 bits per heavy atom. The minimum absolute atomic E-state index is 0.0234. The van der Waals surface area contributed by atoms with Crippen molar-refractivity contribution in [2.45, 2.75) is 57.8 Å². The quantitative estimate of drug-likeness (QED) is 0.523. The third-order valence-electron chi connectivity index (χ3n) is 6.54. The number of halogens is 3. The summed E-state index contributed by atoms with van der Waals surface area (Å²) in [6, 6.07) is 0.414. The zero-order valence-corrected chi connectivity index (χ0v) is 17.5. The van der Waals surface area contributed by atoms with Crippen molar-refractivity contribution < 1.29 is 28.2 Å². The molecule has 1 unspecified atom stereocenters. The second-order valence-electron chi connectivity index (χ2n) is 9.45. The molecule has 1 aromatic rings. The van der Waals surface area contributed by atoms with Crippen molar-refractivity contribution >= 4 is 6.09 Å². The highest BCUT2D eigenvalue weighted by atomic mass is 19.2. The molecule has 0 bridgehead atoms. The Bertz CT molecular complexity index is 802. The summed E-state index contributed by atoms with van der Waals surface area (Å²) in [6.07, 6.45) is -0.649. The zero-order valence-electron chi connectivity index (χ0n) is 17.5. The monoisotopic (exact) mass is 429 g/mol. The molecule has 3 rings (SSSR count). The fourth-order valence-electron chi connectivity index (χ4n) is 4.84. The maximum atomic E-state index is 14.2. The van der Waals surface area contributed by atoms with E-state index in [1.165, 1.54) is 0 Å². The predicted octanol–water partition coefficient (Wildman–Crippen LogP) is 2.70. The standard InChI is InChI=1S/C21H30F3N3O3/c1-20(2,3)21(30,27-5-4-12-10-25-11-18(12)27)9-14(26-19(28)29)6-13-7-16(23)17(24)8-15(13)22/h7-8,12,14,18,25-26,30H,4-6,9-11H2,1-3H3,(H,28,29)/t12-,14?,18+,21+/m0/s1. The molecule has 2 saturated heterocycles. The van der Waals surface area contributed by atoms with Gasteiger partial charge in [0.15, 0.2) is 11.6 Å². The summed E-state index contributed by atoms with van der Waals surface area (Å²) < 4.78 is 41.1. The van der Waals surface area contributed by atoms with Crippen LogP contribution in [0.1, 0.15) is 39.2 Å². The lowest BCUT2D eigenvalue weighted by molar-refractivity contribution is -0.192. The molecule has 0 spiro atoms. The Kier molecular flexibility index (Phi) is 6.36. The van der Waals surface area contributed by atoms with Gasteiger partial charge in [-0.3, -0.25) is 4.90 Å². The summed E-state index contributed by atoms with van der Waals surface area (Å²) in [5.74, 6) is -3.05. The van der Waals surface area contributed by atoms with Gasteiger partial charge in [-0.15, -0.1) is 0 Å². The van der Waals surface area contributed by atoms with Crippen LogP contribution in [-0.2, 0) is 6.42 Å². The van der Waals surface area contributed by atoms with Gasteiger partial charge in [-0.05, 0) is 36.9 Å². The van der Waals surface area contributed by atoms with Gasteiger partial charge < -0.3 is 20.8 Å². The van der Waals surface area contributed by atoms with Crippen molar-refractivity contribution in [3.63, 3.8) is 0 Å². The Labute approximate surface area is 174 Å². The normalized spacial score (nSPS) is 25.0. The van der Waals surface area contributed by atoms with Gasteiger partial charge in [0.1, 0.15) is 11.5 Å². The molecule has 4 N–H and O–H groups in total. The van der Waals surface area contributed by atoms with E-state index in [0.29, 0.717) is 18.5 Å². The van der Waals surface area contributed by atoms with Gasteiger partial charge >= 0.3 is 6.09 Å². The van der Waals surface area contributed by atoms with Crippen LogP contribution in [-0.4, -0.2) is 58.6 Å². The molecule has 2 aliphatic rings. The summed E-state index contributed by atoms with van der Waals surface area (Å²) in [5.41, 5.74) is -2.18. The third-order valence-corrected chi connectivity index (χ3v) is 6.54. The summed E-state index contributed by atoms with van der Waals surface area (Å²) in [5, 5.41) is 26.8. The first-order chi connectivity index (χ1) is 13.9. The van der Waals surface area contributed by atoms with Crippen LogP contribution < -0.4 is 10.6 Å². The first-order valence-electron chi connectivity index (χ1n) is 10.2. The lowest BCUT2D eigenvalue weighted by Crippen LogP contribution is -2.62. The molecule has 9 heteroatoms. The highest BCUT2D eigenvalue weighted by Crippen LogP contribution is 2.43. The molecule has 168 valence electrons. The topological polar surface area (TPSA) is 84.8 Å². The van der Waals surface area contributed by atoms with Gasteiger partial charge in [0.2, 0.25) is 0 Å². The Morgan fingerprint density at radius 1 is 1.23 bits per heavy atom. The van der Waals surface area contributed by atoms with E-state index in [0.717, 1.165) is 25.6 Å². The number of rotatable bonds is 6. The number of fused-ring (bicyclic) bond motifs is 1. The van der Waals surface area contributed by atoms with E-state index in [4.69, 9.17) is 0 Å². The number of nitrogens with zero attached hydrogens (tertiary/aromatic N) is 1. The summed E-state index contributed by atoms with van der Waals surface area (Å²) >= 11 is 0. The van der Waals surface area contributed by atoms with Crippen molar-refractivity contribution in [3.8, 4) is 0 Å². The van der Waals surface area contributed by atoms with Crippen molar-refractivity contribution in [1.29, 1.82) is 0 Å². The molecule has 0 saturated carbocycles. The summed E-state index contributed by atoms with van der Waals surface area (Å²) in [6.45, 7) is 7.90. The van der Waals surface area contributed by atoms with Crippen LogP contribution in [0.3, 0.4) is 0 Å². The molecule has 2 heterocycles. The van der Waals surface area contributed by atoms with Crippen LogP contribution in [0.25, 0.3) is 0 Å². The van der Waals surface area contributed by atoms with E-state index in [-0.39, 0.29) is 24.4 Å². The van der Waals surface area contributed by atoms with E-state index < -0.39 is 40.7 Å². The number of carboxylic acid groups (broad SMARTS) is 1. The van der Waals surface area contributed by atoms with Crippen LogP contribution >= 0.6 is 0 Å². The van der Waals surface area contributed by atoms with Gasteiger partial charge in [-0.2, -0.15) is 0 Å². The minimum Gasteiger partial charge on any atom is -0.465 e. The van der Waals surface area contributed by atoms with Crippen LogP contribution in [0.2, 0.25) is 0 Å². The maximum absolute atomic E-state index is 14.2. The smallest absolute Gasteiger partial charge is 0.404 e. The van der Waals surface area contributed by atoms with Gasteiger partial charge in [0, 0.05) is 43.1 Å². The van der Waals surface area contributed by atoms with E-state index in [9.17, 15) is 28.2 Å². The highest BCUT2D eigenvalue weighted by molar-refractivity contribution is 5.64. The van der Waals surface area contributed by atoms with E-state index >= 15 is 0 Å². The number of aliphatic hydroxyl groups is 1. The molecule has 1 aromatic carbocycles. The van der Waals surface area contributed by atoms with Crippen molar-refractivity contribution in [2.75, 3.05) is 19.6 Å². The zero-order chi connectivity index (χ0) is 22.3. The van der Waals surface area contributed by atoms with Crippen molar-refractivity contribution in [3.05, 3.63) is 35.1 Å². The molecule has 1 amide bonds. The lowest BCUT2D eigenvalue weighted by Gasteiger charge is -2.50. The molecular weight excluding hydrogens is 399 g/mol. The SMILES string of the molecule is CC(C)(C)[C@](O)(CC(Cc1cc(F)c(F)cc1F)NC(=O)O)N1CC[C@H]2CNC[C@H]21. The molecule has 4 atom stereocenters. The largest absolute Gasteiger partial charge is 0.465 e. The Hall–Kier alpha value is -1.84. The second-order valence-corrected chi connectivity index (χ2v) is 9.45. The number of carbonyl (C=O) groups is 1. The Morgan fingerprint density at radius 3 is 2.53 bits per heavy atom. The average Bonchev–Trinajstić information content (AvgIpc) is 3.21. The molecule has 0 aromatic heterocycles. The van der Waals surface area contributed by atoms with Gasteiger partial charge in [-0.1, -0.05) is 20.8 Å². The number of nitrogens with one attached hydrogen (secondary N) is 2. The van der Waals surface area contributed by atoms with Crippen LogP contribution in [0.5, 0.6) is 0 Å². The van der Waals surface area contributed by atoms with Crippen LogP contribution in [0.4, 0.5) is 18.0 Å². The molecule has 2 fully saturated rings. The summed E-state index contributed by atoms with van der Waals surface area (Å²) in [7, 11) is 0. The van der Waals surface area contributed by atoms with Gasteiger partial charge in [0.05, 0.1) is 0 Å². The van der Waals surface area contributed by atoms with E-state index in [2.05, 4.69) is 10.6 Å². The molecular formula is C21H30F3N3O3. The molecule has 0 aliphatic carbocycles. The van der Waals surface area contributed by atoms with Crippen molar-refractivity contribution in [2.24, 2.45) is 11.3 Å². The highest BCUT2D eigenvalue weighted by Gasteiger charge is 2.53. The molecule has 0 radical (unpaired) electrons. The Balaban J connectivity index is 1.90. The van der Waals surface area contributed by atoms with E-state index in [1.54, 1.807) is 0 Å². The average molecular weight is 429 g/mol. The lowest BCUT2D eigenvalue weighted by atomic mass is 9.76. The number of benzene rings is 1. The number of hydrogen-bond donors (Lipinski definition) is 4. The third kappa shape index (κ3) is 4.43. The van der Waals surface area contributed by atoms with Gasteiger partial charge in [0.25, 0.3) is 0 Å². The molecule has 2 aliphatic heterocycles. The second kappa shape index (κ2) is 8.36. The fraction of sp³-hybridized carbons (Fsp3) is 0.667. The number of amides is 1. The first kappa shape index (κ1) is 22.8. The fourth-order valence-corrected chi connectivity index (χ4v) is 4.84. The van der Waals surface area contributed by atoms with Crippen LogP contribution in [0.15, 0.2) is 12.1 Å². The molecule has 6 nitrogen and oxygen atoms in total. The molecule has 30 heavy (non-hydrogen) atoms. The van der Waals surface area contributed by atoms with E-state index in [1.807, 2.05) is 25.7 Å². The first-order valence-corrected chi connectivity index (χ1v) is 10.2.